The SMILES string of the molecule is Cc1ccnc(N2CCC(NC(=O)C3CC3)CC2)n1. The van der Waals surface area contributed by atoms with E-state index in [1.807, 2.05) is 13.0 Å². The molecule has 1 amide bonds. The molecule has 1 aromatic heterocycles. The zero-order valence-electron chi connectivity index (χ0n) is 11.3. The van der Waals surface area contributed by atoms with Crippen molar-refractivity contribution in [1.29, 1.82) is 0 Å². The molecule has 19 heavy (non-hydrogen) atoms. The van der Waals surface area contributed by atoms with Gasteiger partial charge in [-0.15, -0.1) is 0 Å². The topological polar surface area (TPSA) is 58.1 Å². The van der Waals surface area contributed by atoms with Crippen molar-refractivity contribution in [1.82, 2.24) is 15.3 Å². The van der Waals surface area contributed by atoms with E-state index in [1.54, 1.807) is 6.20 Å². The van der Waals surface area contributed by atoms with Crippen LogP contribution in [-0.4, -0.2) is 35.0 Å². The summed E-state index contributed by atoms with van der Waals surface area (Å²) < 4.78 is 0. The molecule has 0 spiro atoms. The van der Waals surface area contributed by atoms with E-state index in [9.17, 15) is 4.79 Å². The van der Waals surface area contributed by atoms with Gasteiger partial charge in [0.15, 0.2) is 0 Å². The van der Waals surface area contributed by atoms with Gasteiger partial charge >= 0.3 is 0 Å². The Morgan fingerprint density at radius 3 is 2.68 bits per heavy atom. The maximum atomic E-state index is 11.7. The summed E-state index contributed by atoms with van der Waals surface area (Å²) in [4.78, 5) is 22.7. The Balaban J connectivity index is 1.52. The molecule has 0 radical (unpaired) electrons. The molecule has 0 unspecified atom stereocenters. The van der Waals surface area contributed by atoms with Crippen molar-refractivity contribution in [2.75, 3.05) is 18.0 Å². The van der Waals surface area contributed by atoms with Crippen molar-refractivity contribution in [3.8, 4) is 0 Å². The van der Waals surface area contributed by atoms with Crippen LogP contribution in [0.3, 0.4) is 0 Å². The van der Waals surface area contributed by atoms with Crippen LogP contribution in [0.5, 0.6) is 0 Å². The van der Waals surface area contributed by atoms with E-state index in [0.29, 0.717) is 12.0 Å². The van der Waals surface area contributed by atoms with Crippen LogP contribution in [0.25, 0.3) is 0 Å². The summed E-state index contributed by atoms with van der Waals surface area (Å²) in [6, 6.07) is 2.24. The highest BCUT2D eigenvalue weighted by Crippen LogP contribution is 2.29. The number of aromatic nitrogens is 2. The number of carbonyl (C=O) groups excluding carboxylic acids is 1. The van der Waals surface area contributed by atoms with Gasteiger partial charge in [0.1, 0.15) is 0 Å². The average Bonchev–Trinajstić information content (AvgIpc) is 3.24. The molecule has 1 aliphatic carbocycles. The van der Waals surface area contributed by atoms with Gasteiger partial charge in [0.2, 0.25) is 11.9 Å². The lowest BCUT2D eigenvalue weighted by Crippen LogP contribution is -2.45. The molecule has 1 aromatic rings. The molecule has 1 saturated carbocycles. The highest BCUT2D eigenvalue weighted by molar-refractivity contribution is 5.81. The molecule has 1 aliphatic heterocycles. The Kier molecular flexibility index (Phi) is 3.36. The van der Waals surface area contributed by atoms with E-state index in [2.05, 4.69) is 20.2 Å². The molecule has 2 heterocycles. The van der Waals surface area contributed by atoms with E-state index < -0.39 is 0 Å². The lowest BCUT2D eigenvalue weighted by atomic mass is 10.1. The highest BCUT2D eigenvalue weighted by Gasteiger charge is 2.31. The summed E-state index contributed by atoms with van der Waals surface area (Å²) in [6.07, 6.45) is 5.91. The molecule has 0 bridgehead atoms. The second kappa shape index (κ2) is 5.15. The molecule has 102 valence electrons. The zero-order valence-corrected chi connectivity index (χ0v) is 11.3. The number of carbonyl (C=O) groups is 1. The average molecular weight is 260 g/mol. The van der Waals surface area contributed by atoms with Crippen LogP contribution in [0.4, 0.5) is 5.95 Å². The first kappa shape index (κ1) is 12.4. The maximum absolute atomic E-state index is 11.7. The van der Waals surface area contributed by atoms with Gasteiger partial charge in [-0.2, -0.15) is 0 Å². The summed E-state index contributed by atoms with van der Waals surface area (Å²) in [6.45, 7) is 3.81. The van der Waals surface area contributed by atoms with Crippen LogP contribution in [-0.2, 0) is 4.79 Å². The van der Waals surface area contributed by atoms with Crippen LogP contribution in [0, 0.1) is 12.8 Å². The fourth-order valence-corrected chi connectivity index (χ4v) is 2.48. The van der Waals surface area contributed by atoms with Crippen molar-refractivity contribution >= 4 is 11.9 Å². The second-order valence-corrected chi connectivity index (χ2v) is 5.54. The number of amides is 1. The summed E-state index contributed by atoms with van der Waals surface area (Å²) in [5.74, 6) is 1.37. The van der Waals surface area contributed by atoms with E-state index in [-0.39, 0.29) is 5.91 Å². The minimum absolute atomic E-state index is 0.255. The monoisotopic (exact) mass is 260 g/mol. The lowest BCUT2D eigenvalue weighted by molar-refractivity contribution is -0.123. The van der Waals surface area contributed by atoms with Gasteiger partial charge in [-0.25, -0.2) is 9.97 Å². The molecular weight excluding hydrogens is 240 g/mol. The quantitative estimate of drug-likeness (QED) is 0.889. The Bertz CT molecular complexity index is 464. The van der Waals surface area contributed by atoms with Crippen molar-refractivity contribution < 1.29 is 4.79 Å². The van der Waals surface area contributed by atoms with Gasteiger partial charge in [-0.3, -0.25) is 4.79 Å². The van der Waals surface area contributed by atoms with Crippen LogP contribution >= 0.6 is 0 Å². The van der Waals surface area contributed by atoms with Crippen molar-refractivity contribution in [3.05, 3.63) is 18.0 Å². The van der Waals surface area contributed by atoms with E-state index >= 15 is 0 Å². The standard InChI is InChI=1S/C14H20N4O/c1-10-4-7-15-14(16-10)18-8-5-12(6-9-18)17-13(19)11-2-3-11/h4,7,11-12H,2-3,5-6,8-9H2,1H3,(H,17,19). The summed E-state index contributed by atoms with van der Waals surface area (Å²) in [5.41, 5.74) is 0.995. The third-order valence-corrected chi connectivity index (χ3v) is 3.85. The van der Waals surface area contributed by atoms with Crippen LogP contribution in [0.2, 0.25) is 0 Å². The molecule has 5 heteroatoms. The molecule has 1 saturated heterocycles. The number of hydrogen-bond acceptors (Lipinski definition) is 4. The van der Waals surface area contributed by atoms with Crippen molar-refractivity contribution in [3.63, 3.8) is 0 Å². The normalized spacial score (nSPS) is 20.4. The molecule has 2 fully saturated rings. The first-order valence-corrected chi connectivity index (χ1v) is 7.07. The summed E-state index contributed by atoms with van der Waals surface area (Å²) >= 11 is 0. The number of nitrogens with zero attached hydrogens (tertiary/aromatic N) is 3. The van der Waals surface area contributed by atoms with Gasteiger partial charge < -0.3 is 10.2 Å². The Hall–Kier alpha value is -1.65. The molecule has 5 nitrogen and oxygen atoms in total. The van der Waals surface area contributed by atoms with Crippen LogP contribution < -0.4 is 10.2 Å². The van der Waals surface area contributed by atoms with Crippen molar-refractivity contribution in [2.45, 2.75) is 38.6 Å². The maximum Gasteiger partial charge on any atom is 0.225 e. The lowest BCUT2D eigenvalue weighted by Gasteiger charge is -2.32. The zero-order chi connectivity index (χ0) is 13.2. The molecular formula is C14H20N4O. The second-order valence-electron chi connectivity index (χ2n) is 5.54. The number of piperidine rings is 1. The van der Waals surface area contributed by atoms with Crippen LogP contribution in [0.1, 0.15) is 31.4 Å². The largest absolute Gasteiger partial charge is 0.353 e. The minimum Gasteiger partial charge on any atom is -0.353 e. The van der Waals surface area contributed by atoms with Gasteiger partial charge in [0, 0.05) is 36.9 Å². The fraction of sp³-hybridized carbons (Fsp3) is 0.643. The number of rotatable bonds is 3. The molecule has 0 atom stereocenters. The van der Waals surface area contributed by atoms with Gasteiger partial charge in [0.05, 0.1) is 0 Å². The van der Waals surface area contributed by atoms with Gasteiger partial charge in [-0.1, -0.05) is 0 Å². The number of aryl methyl sites for hydroxylation is 1. The van der Waals surface area contributed by atoms with E-state index in [0.717, 1.165) is 50.4 Å². The third-order valence-electron chi connectivity index (χ3n) is 3.85. The first-order chi connectivity index (χ1) is 9.22. The smallest absolute Gasteiger partial charge is 0.225 e. The molecule has 0 aromatic carbocycles. The highest BCUT2D eigenvalue weighted by atomic mass is 16.2. The Labute approximate surface area is 113 Å². The van der Waals surface area contributed by atoms with Crippen molar-refractivity contribution in [2.24, 2.45) is 5.92 Å². The molecule has 1 N–H and O–H groups in total. The molecule has 2 aliphatic rings. The predicted molar refractivity (Wildman–Crippen MR) is 72.9 cm³/mol. The third kappa shape index (κ3) is 3.03. The van der Waals surface area contributed by atoms with Crippen LogP contribution in [0.15, 0.2) is 12.3 Å². The first-order valence-electron chi connectivity index (χ1n) is 7.07. The van der Waals surface area contributed by atoms with Gasteiger partial charge in [0.25, 0.3) is 0 Å². The molecule has 3 rings (SSSR count). The fourth-order valence-electron chi connectivity index (χ4n) is 2.48. The minimum atomic E-state index is 0.255. The number of anilines is 1. The number of hydrogen-bond donors (Lipinski definition) is 1. The van der Waals surface area contributed by atoms with E-state index in [1.165, 1.54) is 0 Å². The van der Waals surface area contributed by atoms with Gasteiger partial charge in [-0.05, 0) is 38.7 Å². The Morgan fingerprint density at radius 2 is 2.05 bits per heavy atom. The van der Waals surface area contributed by atoms with E-state index in [4.69, 9.17) is 0 Å². The predicted octanol–water partition coefficient (Wildman–Crippen LogP) is 1.28. The number of nitrogens with one attached hydrogen (secondary N) is 1. The summed E-state index contributed by atoms with van der Waals surface area (Å²) in [7, 11) is 0. The summed E-state index contributed by atoms with van der Waals surface area (Å²) in [5, 5.41) is 3.16. The Morgan fingerprint density at radius 1 is 1.32 bits per heavy atom.